The minimum atomic E-state index is -3.71. The molecule has 1 fully saturated rings. The number of carbonyl (C=O) groups excluding carboxylic acids is 1. The van der Waals surface area contributed by atoms with E-state index < -0.39 is 15.9 Å². The summed E-state index contributed by atoms with van der Waals surface area (Å²) in [6, 6.07) is 11.1. The van der Waals surface area contributed by atoms with Crippen LogP contribution in [0.1, 0.15) is 28.8 Å². The summed E-state index contributed by atoms with van der Waals surface area (Å²) in [6.45, 7) is 0.932. The number of carbonyl (C=O) groups is 1. The zero-order valence-corrected chi connectivity index (χ0v) is 15.5. The van der Waals surface area contributed by atoms with Gasteiger partial charge in [0.1, 0.15) is 4.90 Å². The van der Waals surface area contributed by atoms with Gasteiger partial charge in [-0.25, -0.2) is 8.42 Å². The average Bonchev–Trinajstić information content (AvgIpc) is 3.17. The van der Waals surface area contributed by atoms with E-state index in [1.807, 2.05) is 0 Å². The topological polar surface area (TPSA) is 66.5 Å². The normalized spacial score (nSPS) is 14.8. The van der Waals surface area contributed by atoms with Gasteiger partial charge in [0.25, 0.3) is 5.91 Å². The van der Waals surface area contributed by atoms with Crippen LogP contribution in [0.5, 0.6) is 0 Å². The lowest BCUT2D eigenvalue weighted by Gasteiger charge is -2.17. The molecule has 0 atom stereocenters. The molecule has 0 saturated carbocycles. The maximum atomic E-state index is 12.8. The van der Waals surface area contributed by atoms with Gasteiger partial charge < -0.3 is 5.32 Å². The summed E-state index contributed by atoms with van der Waals surface area (Å²) >= 11 is 6.10. The van der Waals surface area contributed by atoms with Gasteiger partial charge in [0.2, 0.25) is 10.0 Å². The fourth-order valence-electron chi connectivity index (χ4n) is 2.80. The highest BCUT2D eigenvalue weighted by molar-refractivity contribution is 7.89. The van der Waals surface area contributed by atoms with Crippen LogP contribution >= 0.6 is 11.6 Å². The molecule has 0 aromatic heterocycles. The van der Waals surface area contributed by atoms with Crippen molar-refractivity contribution < 1.29 is 13.2 Å². The van der Waals surface area contributed by atoms with Crippen molar-refractivity contribution in [2.45, 2.75) is 17.7 Å². The predicted molar refractivity (Wildman–Crippen MR) is 102 cm³/mol. The monoisotopic (exact) mass is 388 g/mol. The number of halogens is 1. The maximum Gasteiger partial charge on any atom is 0.255 e. The molecule has 0 bridgehead atoms. The van der Waals surface area contributed by atoms with Gasteiger partial charge in [0.15, 0.2) is 0 Å². The van der Waals surface area contributed by atoms with E-state index in [2.05, 4.69) is 11.2 Å². The molecule has 0 aliphatic carbocycles. The second kappa shape index (κ2) is 7.50. The van der Waals surface area contributed by atoms with E-state index in [4.69, 9.17) is 18.0 Å². The Labute approximate surface area is 158 Å². The molecule has 7 heteroatoms. The van der Waals surface area contributed by atoms with E-state index in [1.54, 1.807) is 24.3 Å². The summed E-state index contributed by atoms with van der Waals surface area (Å²) in [5.74, 6) is 2.06. The van der Waals surface area contributed by atoms with Crippen LogP contribution in [-0.4, -0.2) is 31.7 Å². The lowest BCUT2D eigenvalue weighted by molar-refractivity contribution is 0.102. The van der Waals surface area contributed by atoms with Gasteiger partial charge >= 0.3 is 0 Å². The molecule has 2 aromatic rings. The molecular weight excluding hydrogens is 372 g/mol. The van der Waals surface area contributed by atoms with Crippen LogP contribution in [0.4, 0.5) is 5.69 Å². The van der Waals surface area contributed by atoms with E-state index in [1.165, 1.54) is 22.5 Å². The Hall–Kier alpha value is -2.33. The lowest BCUT2D eigenvalue weighted by Crippen LogP contribution is -2.28. The smallest absolute Gasteiger partial charge is 0.255 e. The van der Waals surface area contributed by atoms with Crippen molar-refractivity contribution in [3.8, 4) is 12.3 Å². The molecule has 1 heterocycles. The Morgan fingerprint density at radius 2 is 1.88 bits per heavy atom. The van der Waals surface area contributed by atoms with Gasteiger partial charge in [-0.2, -0.15) is 4.31 Å². The van der Waals surface area contributed by atoms with Gasteiger partial charge in [0, 0.05) is 29.9 Å². The lowest BCUT2D eigenvalue weighted by atomic mass is 10.2. The molecule has 1 aliphatic heterocycles. The van der Waals surface area contributed by atoms with Gasteiger partial charge in [-0.1, -0.05) is 23.6 Å². The van der Waals surface area contributed by atoms with Crippen molar-refractivity contribution in [1.29, 1.82) is 0 Å². The summed E-state index contributed by atoms with van der Waals surface area (Å²) in [5.41, 5.74) is 1.37. The third-order valence-corrected chi connectivity index (χ3v) is 6.54. The van der Waals surface area contributed by atoms with Crippen LogP contribution in [0.3, 0.4) is 0 Å². The average molecular weight is 389 g/mol. The van der Waals surface area contributed by atoms with Gasteiger partial charge in [-0.15, -0.1) is 6.42 Å². The maximum absolute atomic E-state index is 12.8. The minimum absolute atomic E-state index is 0.0499. The molecule has 0 radical (unpaired) electrons. The molecule has 26 heavy (non-hydrogen) atoms. The largest absolute Gasteiger partial charge is 0.322 e. The van der Waals surface area contributed by atoms with Gasteiger partial charge in [-0.3, -0.25) is 4.79 Å². The first-order valence-corrected chi connectivity index (χ1v) is 9.91. The first-order valence-electron chi connectivity index (χ1n) is 8.09. The highest BCUT2D eigenvalue weighted by atomic mass is 35.5. The molecule has 1 aliphatic rings. The molecule has 0 spiro atoms. The molecule has 134 valence electrons. The van der Waals surface area contributed by atoms with E-state index in [0.29, 0.717) is 24.3 Å². The first-order chi connectivity index (χ1) is 12.4. The SMILES string of the molecule is C#Cc1cccc(NC(=O)c2ccc(Cl)c(S(=O)(=O)N3CCCC3)c2)c1. The Morgan fingerprint density at radius 1 is 1.15 bits per heavy atom. The van der Waals surface area contributed by atoms with E-state index in [9.17, 15) is 13.2 Å². The summed E-state index contributed by atoms with van der Waals surface area (Å²) in [5, 5.41) is 2.81. The summed E-state index contributed by atoms with van der Waals surface area (Å²) in [7, 11) is -3.71. The number of anilines is 1. The Balaban J connectivity index is 1.89. The van der Waals surface area contributed by atoms with Crippen molar-refractivity contribution in [1.82, 2.24) is 4.31 Å². The third-order valence-electron chi connectivity index (χ3n) is 4.16. The van der Waals surface area contributed by atoms with Crippen molar-refractivity contribution >= 4 is 33.2 Å². The van der Waals surface area contributed by atoms with Crippen molar-refractivity contribution in [3.05, 3.63) is 58.6 Å². The molecule has 3 rings (SSSR count). The Kier molecular flexibility index (Phi) is 5.33. The fraction of sp³-hybridized carbons (Fsp3) is 0.211. The first kappa shape index (κ1) is 18.5. The predicted octanol–water partition coefficient (Wildman–Crippen LogP) is 3.36. The summed E-state index contributed by atoms with van der Waals surface area (Å²) in [4.78, 5) is 12.5. The van der Waals surface area contributed by atoms with Crippen LogP contribution < -0.4 is 5.32 Å². The number of benzene rings is 2. The Morgan fingerprint density at radius 3 is 2.58 bits per heavy atom. The third kappa shape index (κ3) is 3.75. The molecule has 1 saturated heterocycles. The number of nitrogens with zero attached hydrogens (tertiary/aromatic N) is 1. The highest BCUT2D eigenvalue weighted by Crippen LogP contribution is 2.28. The Bertz CT molecular complexity index is 990. The second-order valence-electron chi connectivity index (χ2n) is 5.94. The van der Waals surface area contributed by atoms with Gasteiger partial charge in [0.05, 0.1) is 5.02 Å². The zero-order chi connectivity index (χ0) is 18.7. The number of hydrogen-bond acceptors (Lipinski definition) is 3. The highest BCUT2D eigenvalue weighted by Gasteiger charge is 2.29. The number of amides is 1. The van der Waals surface area contributed by atoms with Crippen molar-refractivity contribution in [3.63, 3.8) is 0 Å². The summed E-state index contributed by atoms with van der Waals surface area (Å²) in [6.07, 6.45) is 7.00. The fourth-order valence-corrected chi connectivity index (χ4v) is 4.82. The van der Waals surface area contributed by atoms with E-state index in [-0.39, 0.29) is 15.5 Å². The quantitative estimate of drug-likeness (QED) is 0.817. The number of sulfonamides is 1. The van der Waals surface area contributed by atoms with E-state index >= 15 is 0 Å². The van der Waals surface area contributed by atoms with Crippen LogP contribution in [0.15, 0.2) is 47.4 Å². The molecule has 5 nitrogen and oxygen atoms in total. The van der Waals surface area contributed by atoms with Crippen molar-refractivity contribution in [2.24, 2.45) is 0 Å². The zero-order valence-electron chi connectivity index (χ0n) is 13.9. The summed E-state index contributed by atoms with van der Waals surface area (Å²) < 4.78 is 26.9. The van der Waals surface area contributed by atoms with Gasteiger partial charge in [-0.05, 0) is 49.2 Å². The van der Waals surface area contributed by atoms with Crippen molar-refractivity contribution in [2.75, 3.05) is 18.4 Å². The van der Waals surface area contributed by atoms with E-state index in [0.717, 1.165) is 12.8 Å². The second-order valence-corrected chi connectivity index (χ2v) is 8.25. The molecule has 1 N–H and O–H groups in total. The molecule has 2 aromatic carbocycles. The van der Waals surface area contributed by atoms with Crippen LogP contribution in [0.25, 0.3) is 0 Å². The minimum Gasteiger partial charge on any atom is -0.322 e. The van der Waals surface area contributed by atoms with Crippen LogP contribution in [0, 0.1) is 12.3 Å². The molecule has 1 amide bonds. The number of terminal acetylenes is 1. The number of rotatable bonds is 4. The van der Waals surface area contributed by atoms with Crippen LogP contribution in [0.2, 0.25) is 5.02 Å². The number of nitrogens with one attached hydrogen (secondary N) is 1. The number of hydrogen-bond donors (Lipinski definition) is 1. The molecule has 0 unspecified atom stereocenters. The standard InChI is InChI=1S/C19H17ClN2O3S/c1-2-14-6-5-7-16(12-14)21-19(23)15-8-9-17(20)18(13-15)26(24,25)22-10-3-4-11-22/h1,5-9,12-13H,3-4,10-11H2,(H,21,23). The molecular formula is C19H17ClN2O3S. The van der Waals surface area contributed by atoms with Crippen LogP contribution in [-0.2, 0) is 10.0 Å².